The van der Waals surface area contributed by atoms with E-state index in [1.807, 2.05) is 6.07 Å². The van der Waals surface area contributed by atoms with Crippen molar-refractivity contribution < 1.29 is 4.74 Å². The summed E-state index contributed by atoms with van der Waals surface area (Å²) in [6, 6.07) is 14.9. The third kappa shape index (κ3) is 4.81. The zero-order valence-electron chi connectivity index (χ0n) is 18.9. The molecule has 1 unspecified atom stereocenters. The summed E-state index contributed by atoms with van der Waals surface area (Å²) in [6.07, 6.45) is 3.31. The zero-order chi connectivity index (χ0) is 21.9. The first kappa shape index (κ1) is 21.8. The van der Waals surface area contributed by atoms with Crippen LogP contribution >= 0.6 is 11.6 Å². The largest absolute Gasteiger partial charge is 0.494 e. The summed E-state index contributed by atoms with van der Waals surface area (Å²) in [5.74, 6) is 0.952. The van der Waals surface area contributed by atoms with Crippen molar-refractivity contribution in [2.45, 2.75) is 25.3 Å². The zero-order valence-corrected chi connectivity index (χ0v) is 19.6. The number of halogens is 1. The summed E-state index contributed by atoms with van der Waals surface area (Å²) in [5, 5.41) is 5.70. The highest BCUT2D eigenvalue weighted by Crippen LogP contribution is 2.35. The van der Waals surface area contributed by atoms with Crippen LogP contribution in [0.4, 0.5) is 0 Å². The number of aromatic amines is 1. The number of benzene rings is 2. The van der Waals surface area contributed by atoms with Crippen LogP contribution in [0.1, 0.15) is 35.7 Å². The molecule has 1 fully saturated rings. The third-order valence-electron chi connectivity index (χ3n) is 6.86. The molecule has 1 atom stereocenters. The highest BCUT2D eigenvalue weighted by atomic mass is 35.5. The molecule has 2 N–H and O–H groups in total. The molecule has 0 spiro atoms. The fourth-order valence-corrected chi connectivity index (χ4v) is 5.11. The van der Waals surface area contributed by atoms with Crippen LogP contribution in [0.3, 0.4) is 0 Å². The lowest BCUT2D eigenvalue weighted by molar-refractivity contribution is 0.150. The van der Waals surface area contributed by atoms with Crippen molar-refractivity contribution in [3.63, 3.8) is 0 Å². The average molecular weight is 453 g/mol. The maximum atomic E-state index is 6.25. The molecule has 170 valence electrons. The van der Waals surface area contributed by atoms with Crippen LogP contribution in [-0.2, 0) is 6.42 Å². The SMILES string of the molecule is CN1CCN(CCCCOc2ccc(C3NCCc4c3[nH]c3ccc(Cl)cc43)cc2)CC1. The van der Waals surface area contributed by atoms with Gasteiger partial charge in [0.2, 0.25) is 0 Å². The average Bonchev–Trinajstić information content (AvgIpc) is 3.18. The number of piperazine rings is 1. The van der Waals surface area contributed by atoms with Crippen LogP contribution in [-0.4, -0.2) is 67.7 Å². The molecule has 3 heterocycles. The molecule has 1 aromatic heterocycles. The second-order valence-electron chi connectivity index (χ2n) is 9.11. The third-order valence-corrected chi connectivity index (χ3v) is 7.10. The first-order chi connectivity index (χ1) is 15.7. The Labute approximate surface area is 195 Å². The minimum Gasteiger partial charge on any atom is -0.494 e. The van der Waals surface area contributed by atoms with Crippen LogP contribution in [0.2, 0.25) is 5.02 Å². The number of aromatic nitrogens is 1. The molecule has 1 saturated heterocycles. The lowest BCUT2D eigenvalue weighted by Crippen LogP contribution is -2.44. The molecule has 0 amide bonds. The molecule has 0 saturated carbocycles. The fourth-order valence-electron chi connectivity index (χ4n) is 4.94. The number of unbranched alkanes of at least 4 members (excludes halogenated alkanes) is 1. The summed E-state index contributed by atoms with van der Waals surface area (Å²) < 4.78 is 6.02. The summed E-state index contributed by atoms with van der Waals surface area (Å²) >= 11 is 6.25. The van der Waals surface area contributed by atoms with Crippen molar-refractivity contribution in [2.24, 2.45) is 0 Å². The predicted molar refractivity (Wildman–Crippen MR) is 132 cm³/mol. The van der Waals surface area contributed by atoms with Gasteiger partial charge in [0.25, 0.3) is 0 Å². The molecule has 6 heteroatoms. The van der Waals surface area contributed by atoms with Gasteiger partial charge in [-0.3, -0.25) is 0 Å². The molecule has 5 rings (SSSR count). The molecule has 0 radical (unpaired) electrons. The van der Waals surface area contributed by atoms with Gasteiger partial charge in [-0.2, -0.15) is 0 Å². The Morgan fingerprint density at radius 3 is 2.66 bits per heavy atom. The Morgan fingerprint density at radius 1 is 1.03 bits per heavy atom. The van der Waals surface area contributed by atoms with E-state index in [2.05, 4.69) is 63.5 Å². The molecular formula is C26H33ClN4O. The standard InChI is InChI=1S/C26H33ClN4O/c1-30-13-15-31(16-14-30)12-2-3-17-32-21-7-4-19(5-8-21)25-26-22(10-11-28-25)23-18-20(27)6-9-24(23)29-26/h4-9,18,25,28-29H,2-3,10-17H2,1H3. The van der Waals surface area contributed by atoms with Gasteiger partial charge in [-0.1, -0.05) is 23.7 Å². The highest BCUT2D eigenvalue weighted by Gasteiger charge is 2.25. The summed E-state index contributed by atoms with van der Waals surface area (Å²) in [6.45, 7) is 7.68. The van der Waals surface area contributed by atoms with Gasteiger partial charge in [0, 0.05) is 54.3 Å². The Kier molecular flexibility index (Phi) is 6.69. The number of rotatable bonds is 7. The number of nitrogens with zero attached hydrogens (tertiary/aromatic N) is 2. The van der Waals surface area contributed by atoms with E-state index in [-0.39, 0.29) is 6.04 Å². The number of ether oxygens (including phenoxy) is 1. The van der Waals surface area contributed by atoms with Gasteiger partial charge in [-0.25, -0.2) is 0 Å². The van der Waals surface area contributed by atoms with E-state index in [1.54, 1.807) is 0 Å². The van der Waals surface area contributed by atoms with Crippen molar-refractivity contribution >= 4 is 22.5 Å². The first-order valence-electron chi connectivity index (χ1n) is 11.8. The van der Waals surface area contributed by atoms with Crippen LogP contribution in [0.5, 0.6) is 5.75 Å². The Bertz CT molecular complexity index is 1040. The normalized spacial score (nSPS) is 19.9. The van der Waals surface area contributed by atoms with Crippen LogP contribution in [0.25, 0.3) is 10.9 Å². The van der Waals surface area contributed by atoms with E-state index in [9.17, 15) is 0 Å². The topological polar surface area (TPSA) is 43.5 Å². The molecule has 2 aliphatic heterocycles. The van der Waals surface area contributed by atoms with E-state index < -0.39 is 0 Å². The van der Waals surface area contributed by atoms with Gasteiger partial charge in [-0.15, -0.1) is 0 Å². The van der Waals surface area contributed by atoms with E-state index in [0.717, 1.165) is 42.3 Å². The van der Waals surface area contributed by atoms with E-state index in [1.165, 1.54) is 61.4 Å². The lowest BCUT2D eigenvalue weighted by atomic mass is 9.94. The Hall–Kier alpha value is -2.05. The molecular weight excluding hydrogens is 420 g/mol. The van der Waals surface area contributed by atoms with Crippen LogP contribution in [0, 0.1) is 0 Å². The van der Waals surface area contributed by atoms with Crippen LogP contribution in [0.15, 0.2) is 42.5 Å². The first-order valence-corrected chi connectivity index (χ1v) is 12.2. The quantitative estimate of drug-likeness (QED) is 0.519. The second kappa shape index (κ2) is 9.84. The second-order valence-corrected chi connectivity index (χ2v) is 9.55. The van der Waals surface area contributed by atoms with Crippen molar-refractivity contribution in [2.75, 3.05) is 52.9 Å². The van der Waals surface area contributed by atoms with Crippen molar-refractivity contribution in [1.82, 2.24) is 20.1 Å². The fraction of sp³-hybridized carbons (Fsp3) is 0.462. The Balaban J connectivity index is 1.16. The number of fused-ring (bicyclic) bond motifs is 3. The maximum absolute atomic E-state index is 6.25. The molecule has 2 aromatic carbocycles. The summed E-state index contributed by atoms with van der Waals surface area (Å²) in [7, 11) is 2.20. The van der Waals surface area contributed by atoms with Gasteiger partial charge < -0.3 is 24.8 Å². The predicted octanol–water partition coefficient (Wildman–Crippen LogP) is 4.46. The van der Waals surface area contributed by atoms with Gasteiger partial charge in [0.1, 0.15) is 5.75 Å². The monoisotopic (exact) mass is 452 g/mol. The van der Waals surface area contributed by atoms with Gasteiger partial charge in [0.05, 0.1) is 12.6 Å². The molecule has 5 nitrogen and oxygen atoms in total. The number of H-pyrrole nitrogens is 1. The smallest absolute Gasteiger partial charge is 0.119 e. The van der Waals surface area contributed by atoms with Crippen LogP contribution < -0.4 is 10.1 Å². The lowest BCUT2D eigenvalue weighted by Gasteiger charge is -2.32. The number of nitrogens with one attached hydrogen (secondary N) is 2. The summed E-state index contributed by atoms with van der Waals surface area (Å²) in [4.78, 5) is 8.60. The molecule has 2 aliphatic rings. The summed E-state index contributed by atoms with van der Waals surface area (Å²) in [5.41, 5.74) is 5.05. The van der Waals surface area contributed by atoms with E-state index in [4.69, 9.17) is 16.3 Å². The molecule has 32 heavy (non-hydrogen) atoms. The van der Waals surface area contributed by atoms with Crippen molar-refractivity contribution in [3.8, 4) is 5.75 Å². The molecule has 0 bridgehead atoms. The van der Waals surface area contributed by atoms with E-state index in [0.29, 0.717) is 0 Å². The number of likely N-dealkylation sites (N-methyl/N-ethyl adjacent to an activating group) is 1. The van der Waals surface area contributed by atoms with E-state index >= 15 is 0 Å². The van der Waals surface area contributed by atoms with Crippen molar-refractivity contribution in [1.29, 1.82) is 0 Å². The number of hydrogen-bond donors (Lipinski definition) is 2. The minimum absolute atomic E-state index is 0.169. The highest BCUT2D eigenvalue weighted by molar-refractivity contribution is 6.31. The molecule has 0 aliphatic carbocycles. The van der Waals surface area contributed by atoms with Gasteiger partial charge >= 0.3 is 0 Å². The minimum atomic E-state index is 0.169. The molecule has 3 aromatic rings. The maximum Gasteiger partial charge on any atom is 0.119 e. The Morgan fingerprint density at radius 2 is 1.84 bits per heavy atom. The number of hydrogen-bond acceptors (Lipinski definition) is 4. The van der Waals surface area contributed by atoms with Crippen molar-refractivity contribution in [3.05, 3.63) is 64.3 Å². The van der Waals surface area contributed by atoms with Gasteiger partial charge in [-0.05, 0) is 74.3 Å². The van der Waals surface area contributed by atoms with Gasteiger partial charge in [0.15, 0.2) is 0 Å².